The maximum Gasteiger partial charge on any atom is 0.335 e. The summed E-state index contributed by atoms with van der Waals surface area (Å²) in [5.41, 5.74) is 2.61. The predicted molar refractivity (Wildman–Crippen MR) is 116 cm³/mol. The van der Waals surface area contributed by atoms with Crippen LogP contribution in [0.3, 0.4) is 0 Å². The number of carbonyl (C=O) groups is 1. The van der Waals surface area contributed by atoms with E-state index in [0.717, 1.165) is 5.56 Å². The highest BCUT2D eigenvalue weighted by molar-refractivity contribution is 5.90. The Hall–Kier alpha value is -3.52. The number of hydrogen-bond acceptors (Lipinski definition) is 6. The lowest BCUT2D eigenvalue weighted by Crippen LogP contribution is -2.16. The molecule has 31 heavy (non-hydrogen) atoms. The first-order valence-corrected chi connectivity index (χ1v) is 9.82. The van der Waals surface area contributed by atoms with Gasteiger partial charge in [-0.25, -0.2) is 4.79 Å². The van der Waals surface area contributed by atoms with Crippen molar-refractivity contribution in [1.82, 2.24) is 9.78 Å². The molecule has 8 heteroatoms. The SMILES string of the molecule is CC[C@@H](O)Cn1nc(-c2cc(C(=O)O)ccc2OC)cc1-c1cccc(OC)c1OC. The van der Waals surface area contributed by atoms with Crippen LogP contribution in [0.1, 0.15) is 23.7 Å². The normalized spacial score (nSPS) is 11.8. The monoisotopic (exact) mass is 426 g/mol. The zero-order chi connectivity index (χ0) is 22.5. The first-order chi connectivity index (χ1) is 14.9. The van der Waals surface area contributed by atoms with E-state index in [1.54, 1.807) is 31.0 Å². The summed E-state index contributed by atoms with van der Waals surface area (Å²) in [7, 11) is 4.64. The van der Waals surface area contributed by atoms with Crippen molar-refractivity contribution in [3.8, 4) is 39.8 Å². The number of methoxy groups -OCH3 is 3. The van der Waals surface area contributed by atoms with Crippen molar-refractivity contribution in [2.24, 2.45) is 0 Å². The number of benzene rings is 2. The summed E-state index contributed by atoms with van der Waals surface area (Å²) in [6, 6.07) is 11.9. The van der Waals surface area contributed by atoms with Crippen LogP contribution >= 0.6 is 0 Å². The zero-order valence-corrected chi connectivity index (χ0v) is 18.0. The van der Waals surface area contributed by atoms with E-state index in [9.17, 15) is 15.0 Å². The Morgan fingerprint density at radius 1 is 1.03 bits per heavy atom. The Labute approximate surface area is 180 Å². The number of carboxylic acids is 1. The minimum atomic E-state index is -1.04. The minimum Gasteiger partial charge on any atom is -0.496 e. The Kier molecular flexibility index (Phi) is 6.81. The fraction of sp³-hybridized carbons (Fsp3) is 0.304. The third-order valence-corrected chi connectivity index (χ3v) is 5.04. The number of nitrogens with zero attached hydrogens (tertiary/aromatic N) is 2. The van der Waals surface area contributed by atoms with E-state index in [1.165, 1.54) is 19.2 Å². The fourth-order valence-corrected chi connectivity index (χ4v) is 3.36. The van der Waals surface area contributed by atoms with Gasteiger partial charge in [0.2, 0.25) is 0 Å². The molecule has 0 saturated heterocycles. The van der Waals surface area contributed by atoms with Crippen molar-refractivity contribution in [2.45, 2.75) is 26.0 Å². The molecule has 0 aliphatic carbocycles. The zero-order valence-electron chi connectivity index (χ0n) is 18.0. The molecule has 1 aromatic heterocycles. The van der Waals surface area contributed by atoms with Gasteiger partial charge in [-0.15, -0.1) is 0 Å². The van der Waals surface area contributed by atoms with Crippen LogP contribution in [-0.2, 0) is 6.54 Å². The quantitative estimate of drug-likeness (QED) is 0.538. The van der Waals surface area contributed by atoms with Crippen LogP contribution in [0, 0.1) is 0 Å². The van der Waals surface area contributed by atoms with Crippen molar-refractivity contribution < 1.29 is 29.2 Å². The molecule has 0 fully saturated rings. The number of hydrogen-bond donors (Lipinski definition) is 2. The number of aliphatic hydroxyl groups excluding tert-OH is 1. The van der Waals surface area contributed by atoms with E-state index in [4.69, 9.17) is 14.2 Å². The van der Waals surface area contributed by atoms with E-state index in [0.29, 0.717) is 40.6 Å². The molecule has 0 aliphatic rings. The molecule has 3 aromatic rings. The predicted octanol–water partition coefficient (Wildman–Crippen LogP) is 3.71. The second-order valence-electron chi connectivity index (χ2n) is 6.92. The standard InChI is InChI=1S/C23H26N2O6/c1-5-15(26)13-25-19(16-7-6-8-21(30-3)22(16)31-4)12-18(24-25)17-11-14(23(27)28)9-10-20(17)29-2/h6-12,15,26H,5,13H2,1-4H3,(H,27,28)/t15-/m1/s1. The number of rotatable bonds is 9. The van der Waals surface area contributed by atoms with Crippen molar-refractivity contribution in [2.75, 3.05) is 21.3 Å². The van der Waals surface area contributed by atoms with Crippen LogP contribution in [-0.4, -0.2) is 53.4 Å². The van der Waals surface area contributed by atoms with Gasteiger partial charge in [0, 0.05) is 11.1 Å². The van der Waals surface area contributed by atoms with Gasteiger partial charge in [0.25, 0.3) is 0 Å². The lowest BCUT2D eigenvalue weighted by Gasteiger charge is -2.15. The van der Waals surface area contributed by atoms with E-state index in [-0.39, 0.29) is 12.1 Å². The van der Waals surface area contributed by atoms with E-state index in [2.05, 4.69) is 5.10 Å². The molecule has 8 nitrogen and oxygen atoms in total. The molecule has 164 valence electrons. The number of aliphatic hydroxyl groups is 1. The Balaban J connectivity index is 2.23. The van der Waals surface area contributed by atoms with Gasteiger partial charge < -0.3 is 24.4 Å². The van der Waals surface area contributed by atoms with Crippen molar-refractivity contribution in [1.29, 1.82) is 0 Å². The molecule has 1 heterocycles. The van der Waals surface area contributed by atoms with Crippen LogP contribution in [0.5, 0.6) is 17.2 Å². The van der Waals surface area contributed by atoms with Crippen molar-refractivity contribution in [3.05, 3.63) is 48.0 Å². The summed E-state index contributed by atoms with van der Waals surface area (Å²) in [6.07, 6.45) is -0.0443. The molecule has 3 rings (SSSR count). The van der Waals surface area contributed by atoms with Gasteiger partial charge in [0.05, 0.1) is 50.9 Å². The van der Waals surface area contributed by atoms with Crippen LogP contribution < -0.4 is 14.2 Å². The molecule has 0 aliphatic heterocycles. The Bertz CT molecular complexity index is 1080. The highest BCUT2D eigenvalue weighted by atomic mass is 16.5. The summed E-state index contributed by atoms with van der Waals surface area (Å²) in [6.45, 7) is 2.15. The van der Waals surface area contributed by atoms with Gasteiger partial charge in [-0.3, -0.25) is 4.68 Å². The third kappa shape index (κ3) is 4.49. The molecule has 0 spiro atoms. The third-order valence-electron chi connectivity index (χ3n) is 5.04. The minimum absolute atomic E-state index is 0.124. The van der Waals surface area contributed by atoms with Gasteiger partial charge in [0.15, 0.2) is 11.5 Å². The molecular weight excluding hydrogens is 400 g/mol. The maximum atomic E-state index is 11.5. The summed E-state index contributed by atoms with van der Waals surface area (Å²) in [4.78, 5) is 11.5. The highest BCUT2D eigenvalue weighted by Crippen LogP contribution is 2.40. The number of para-hydroxylation sites is 1. The molecule has 2 aromatic carbocycles. The lowest BCUT2D eigenvalue weighted by atomic mass is 10.0. The van der Waals surface area contributed by atoms with E-state index < -0.39 is 12.1 Å². The molecular formula is C23H26N2O6. The van der Waals surface area contributed by atoms with Gasteiger partial charge in [-0.2, -0.15) is 5.10 Å². The van der Waals surface area contributed by atoms with Crippen LogP contribution in [0.4, 0.5) is 0 Å². The molecule has 0 saturated carbocycles. The highest BCUT2D eigenvalue weighted by Gasteiger charge is 2.21. The Morgan fingerprint density at radius 2 is 1.77 bits per heavy atom. The summed E-state index contributed by atoms with van der Waals surface area (Å²) >= 11 is 0. The second kappa shape index (κ2) is 9.53. The Morgan fingerprint density at radius 3 is 2.39 bits per heavy atom. The second-order valence-corrected chi connectivity index (χ2v) is 6.92. The largest absolute Gasteiger partial charge is 0.496 e. The molecule has 2 N–H and O–H groups in total. The van der Waals surface area contributed by atoms with E-state index >= 15 is 0 Å². The van der Waals surface area contributed by atoms with Crippen LogP contribution in [0.15, 0.2) is 42.5 Å². The summed E-state index contributed by atoms with van der Waals surface area (Å²) < 4.78 is 18.1. The average molecular weight is 426 g/mol. The van der Waals surface area contributed by atoms with Crippen molar-refractivity contribution >= 4 is 5.97 Å². The first kappa shape index (κ1) is 22.2. The molecule has 0 amide bonds. The fourth-order valence-electron chi connectivity index (χ4n) is 3.36. The topological polar surface area (TPSA) is 103 Å². The van der Waals surface area contributed by atoms with Crippen molar-refractivity contribution in [3.63, 3.8) is 0 Å². The van der Waals surface area contributed by atoms with Gasteiger partial charge in [0.1, 0.15) is 5.75 Å². The van der Waals surface area contributed by atoms with Gasteiger partial charge >= 0.3 is 5.97 Å². The lowest BCUT2D eigenvalue weighted by molar-refractivity contribution is 0.0697. The number of aromatic carboxylic acids is 1. The molecule has 0 radical (unpaired) electrons. The summed E-state index contributed by atoms with van der Waals surface area (Å²) in [5.74, 6) is 0.556. The molecule has 0 unspecified atom stereocenters. The summed E-state index contributed by atoms with van der Waals surface area (Å²) in [5, 5.41) is 24.4. The number of carboxylic acid groups (broad SMARTS) is 1. The van der Waals surface area contributed by atoms with Crippen LogP contribution in [0.25, 0.3) is 22.5 Å². The smallest absolute Gasteiger partial charge is 0.335 e. The maximum absolute atomic E-state index is 11.5. The van der Waals surface area contributed by atoms with E-state index in [1.807, 2.05) is 25.1 Å². The van der Waals surface area contributed by atoms with Crippen LogP contribution in [0.2, 0.25) is 0 Å². The van der Waals surface area contributed by atoms with Gasteiger partial charge in [-0.05, 0) is 42.8 Å². The molecule has 1 atom stereocenters. The average Bonchev–Trinajstić information content (AvgIpc) is 3.20. The van der Waals surface area contributed by atoms with Gasteiger partial charge in [-0.1, -0.05) is 13.0 Å². The number of aromatic nitrogens is 2. The first-order valence-electron chi connectivity index (χ1n) is 9.82. The molecule has 0 bridgehead atoms. The number of ether oxygens (including phenoxy) is 3.